The molecule has 0 aromatic heterocycles. The summed E-state index contributed by atoms with van der Waals surface area (Å²) in [5.41, 5.74) is -0.435. The smallest absolute Gasteiger partial charge is 0.321 e. The molecule has 0 aliphatic heterocycles. The quantitative estimate of drug-likeness (QED) is 0.679. The van der Waals surface area contributed by atoms with Crippen LogP contribution < -0.4 is 10.6 Å². The Balaban J connectivity index is 4.14. The minimum Gasteiger partial charge on any atom is -0.453 e. The van der Waals surface area contributed by atoms with Gasteiger partial charge in [-0.2, -0.15) is 0 Å². The highest BCUT2D eigenvalue weighted by Crippen LogP contribution is 1.98. The van der Waals surface area contributed by atoms with Gasteiger partial charge < -0.3 is 10.1 Å². The molecule has 2 N–H and O–H groups in total. The van der Waals surface area contributed by atoms with Gasteiger partial charge in [-0.15, -0.1) is 0 Å². The van der Waals surface area contributed by atoms with E-state index in [1.54, 1.807) is 20.8 Å². The minimum atomic E-state index is -0.983. The molecule has 0 radical (unpaired) electrons. The number of imide groups is 1. The SMILES string of the molecule is CC(=O)O[C@@H](C)C(=O)NC(=O)NC(C)(C)C. The van der Waals surface area contributed by atoms with E-state index in [0.29, 0.717) is 0 Å². The van der Waals surface area contributed by atoms with E-state index in [0.717, 1.165) is 0 Å². The molecule has 16 heavy (non-hydrogen) atoms. The maximum absolute atomic E-state index is 11.3. The van der Waals surface area contributed by atoms with E-state index in [1.807, 2.05) is 0 Å². The fourth-order valence-corrected chi connectivity index (χ4v) is 0.888. The third kappa shape index (κ3) is 6.80. The molecule has 6 heteroatoms. The van der Waals surface area contributed by atoms with Crippen molar-refractivity contribution in [3.63, 3.8) is 0 Å². The summed E-state index contributed by atoms with van der Waals surface area (Å²) in [4.78, 5) is 33.2. The number of ether oxygens (including phenoxy) is 1. The van der Waals surface area contributed by atoms with E-state index in [9.17, 15) is 14.4 Å². The molecule has 3 amide bonds. The summed E-state index contributed by atoms with van der Waals surface area (Å²) >= 11 is 0. The molecule has 0 unspecified atom stereocenters. The van der Waals surface area contributed by atoms with Gasteiger partial charge in [0.15, 0.2) is 6.10 Å². The summed E-state index contributed by atoms with van der Waals surface area (Å²) < 4.78 is 4.61. The van der Waals surface area contributed by atoms with Crippen molar-refractivity contribution >= 4 is 17.9 Å². The van der Waals surface area contributed by atoms with Gasteiger partial charge in [0.1, 0.15) is 0 Å². The van der Waals surface area contributed by atoms with E-state index >= 15 is 0 Å². The lowest BCUT2D eigenvalue weighted by Crippen LogP contribution is -2.50. The van der Waals surface area contributed by atoms with Crippen LogP contribution in [0, 0.1) is 0 Å². The summed E-state index contributed by atoms with van der Waals surface area (Å²) in [6.45, 7) is 7.94. The van der Waals surface area contributed by atoms with E-state index in [-0.39, 0.29) is 0 Å². The summed E-state index contributed by atoms with van der Waals surface area (Å²) in [6.07, 6.45) is -0.983. The summed E-state index contributed by atoms with van der Waals surface area (Å²) in [5.74, 6) is -1.23. The summed E-state index contributed by atoms with van der Waals surface area (Å²) in [5, 5.41) is 4.62. The highest BCUT2D eigenvalue weighted by atomic mass is 16.5. The van der Waals surface area contributed by atoms with Gasteiger partial charge in [-0.3, -0.25) is 14.9 Å². The molecule has 0 saturated carbocycles. The standard InChI is InChI=1S/C10H18N2O4/c1-6(16-7(2)13)8(14)11-9(15)12-10(3,4)5/h6H,1-5H3,(H2,11,12,14,15)/t6-/m0/s1. The van der Waals surface area contributed by atoms with Crippen LogP contribution in [-0.4, -0.2) is 29.6 Å². The van der Waals surface area contributed by atoms with Gasteiger partial charge in [0.05, 0.1) is 0 Å². The van der Waals surface area contributed by atoms with Crippen LogP contribution in [0.4, 0.5) is 4.79 Å². The minimum absolute atomic E-state index is 0.435. The Morgan fingerprint density at radius 1 is 1.19 bits per heavy atom. The zero-order chi connectivity index (χ0) is 12.9. The average Bonchev–Trinajstić information content (AvgIpc) is 1.98. The van der Waals surface area contributed by atoms with Crippen molar-refractivity contribution in [3.8, 4) is 0 Å². The summed E-state index contributed by atoms with van der Waals surface area (Å²) in [7, 11) is 0. The van der Waals surface area contributed by atoms with E-state index in [1.165, 1.54) is 13.8 Å². The largest absolute Gasteiger partial charge is 0.453 e. The van der Waals surface area contributed by atoms with Gasteiger partial charge in [-0.05, 0) is 27.7 Å². The van der Waals surface area contributed by atoms with Gasteiger partial charge in [0.2, 0.25) is 0 Å². The molecular weight excluding hydrogens is 212 g/mol. The van der Waals surface area contributed by atoms with Gasteiger partial charge in [-0.25, -0.2) is 4.79 Å². The van der Waals surface area contributed by atoms with E-state index < -0.39 is 29.6 Å². The first-order valence-corrected chi connectivity index (χ1v) is 4.92. The van der Waals surface area contributed by atoms with Crippen molar-refractivity contribution in [2.45, 2.75) is 46.3 Å². The van der Waals surface area contributed by atoms with Crippen molar-refractivity contribution in [1.82, 2.24) is 10.6 Å². The lowest BCUT2D eigenvalue weighted by Gasteiger charge is -2.21. The van der Waals surface area contributed by atoms with Gasteiger partial charge in [0, 0.05) is 12.5 Å². The number of nitrogens with one attached hydrogen (secondary N) is 2. The maximum Gasteiger partial charge on any atom is 0.321 e. The number of rotatable bonds is 2. The molecular formula is C10H18N2O4. The van der Waals surface area contributed by atoms with E-state index in [2.05, 4.69) is 15.4 Å². The van der Waals surface area contributed by atoms with Crippen molar-refractivity contribution in [2.24, 2.45) is 0 Å². The molecule has 0 aromatic carbocycles. The first kappa shape index (κ1) is 14.4. The first-order valence-electron chi connectivity index (χ1n) is 4.92. The van der Waals surface area contributed by atoms with Crippen LogP contribution in [0.3, 0.4) is 0 Å². The molecule has 0 aliphatic rings. The van der Waals surface area contributed by atoms with Crippen LogP contribution in [0.1, 0.15) is 34.6 Å². The molecule has 0 bridgehead atoms. The topological polar surface area (TPSA) is 84.5 Å². The molecule has 1 atom stereocenters. The highest BCUT2D eigenvalue weighted by Gasteiger charge is 2.20. The molecule has 0 rings (SSSR count). The molecule has 0 fully saturated rings. The van der Waals surface area contributed by atoms with Gasteiger partial charge in [0.25, 0.3) is 5.91 Å². The van der Waals surface area contributed by atoms with E-state index in [4.69, 9.17) is 0 Å². The predicted molar refractivity (Wildman–Crippen MR) is 57.7 cm³/mol. The maximum atomic E-state index is 11.3. The van der Waals surface area contributed by atoms with Crippen LogP contribution in [0.25, 0.3) is 0 Å². The van der Waals surface area contributed by atoms with Crippen LogP contribution in [0.2, 0.25) is 0 Å². The van der Waals surface area contributed by atoms with Gasteiger partial charge >= 0.3 is 12.0 Å². The Kier molecular flexibility index (Phi) is 4.94. The molecule has 0 aromatic rings. The van der Waals surface area contributed by atoms with Crippen LogP contribution in [0.5, 0.6) is 0 Å². The van der Waals surface area contributed by atoms with Crippen molar-refractivity contribution in [2.75, 3.05) is 0 Å². The van der Waals surface area contributed by atoms with Crippen molar-refractivity contribution in [3.05, 3.63) is 0 Å². The zero-order valence-electron chi connectivity index (χ0n) is 10.2. The second-order valence-corrected chi connectivity index (χ2v) is 4.45. The van der Waals surface area contributed by atoms with Crippen molar-refractivity contribution < 1.29 is 19.1 Å². The Hall–Kier alpha value is -1.59. The second-order valence-electron chi connectivity index (χ2n) is 4.45. The number of carbonyl (C=O) groups is 3. The number of carbonyl (C=O) groups excluding carboxylic acids is 3. The highest BCUT2D eigenvalue weighted by molar-refractivity contribution is 5.97. The zero-order valence-corrected chi connectivity index (χ0v) is 10.2. The number of esters is 1. The molecule has 0 spiro atoms. The number of hydrogen-bond acceptors (Lipinski definition) is 4. The molecule has 0 saturated heterocycles. The Morgan fingerprint density at radius 2 is 1.69 bits per heavy atom. The lowest BCUT2D eigenvalue weighted by molar-refractivity contribution is -0.152. The molecule has 92 valence electrons. The molecule has 0 heterocycles. The fraction of sp³-hybridized carbons (Fsp3) is 0.700. The Bertz CT molecular complexity index is 294. The molecule has 6 nitrogen and oxygen atoms in total. The fourth-order valence-electron chi connectivity index (χ4n) is 0.888. The third-order valence-corrected chi connectivity index (χ3v) is 1.44. The third-order valence-electron chi connectivity index (χ3n) is 1.44. The number of amides is 3. The predicted octanol–water partition coefficient (Wildman–Crippen LogP) is 0.562. The first-order chi connectivity index (χ1) is 7.11. The van der Waals surface area contributed by atoms with Gasteiger partial charge in [-0.1, -0.05) is 0 Å². The molecule has 0 aliphatic carbocycles. The monoisotopic (exact) mass is 230 g/mol. The normalized spacial score (nSPS) is 12.6. The number of hydrogen-bond donors (Lipinski definition) is 2. The van der Waals surface area contributed by atoms with Crippen LogP contribution in [-0.2, 0) is 14.3 Å². The second kappa shape index (κ2) is 5.48. The van der Waals surface area contributed by atoms with Crippen LogP contribution >= 0.6 is 0 Å². The summed E-state index contributed by atoms with van der Waals surface area (Å²) in [6, 6.07) is -0.614. The van der Waals surface area contributed by atoms with Crippen molar-refractivity contribution in [1.29, 1.82) is 0 Å². The Morgan fingerprint density at radius 3 is 2.06 bits per heavy atom. The Labute approximate surface area is 94.7 Å². The number of urea groups is 1. The van der Waals surface area contributed by atoms with Crippen LogP contribution in [0.15, 0.2) is 0 Å². The lowest BCUT2D eigenvalue weighted by atomic mass is 10.1. The average molecular weight is 230 g/mol.